The predicted octanol–water partition coefficient (Wildman–Crippen LogP) is 3.12. The van der Waals surface area contributed by atoms with Crippen LogP contribution < -0.4 is 15.4 Å². The number of hydrogen-bond donors (Lipinski definition) is 1. The molecule has 2 N–H and O–H groups in total. The minimum Gasteiger partial charge on any atom is -0.497 e. The number of halogens is 1. The lowest BCUT2D eigenvalue weighted by Crippen LogP contribution is -2.51. The van der Waals surface area contributed by atoms with Crippen LogP contribution in [0.25, 0.3) is 0 Å². The molecule has 0 unspecified atom stereocenters. The second kappa shape index (κ2) is 7.45. The summed E-state index contributed by atoms with van der Waals surface area (Å²) in [6.07, 6.45) is 0. The highest BCUT2D eigenvalue weighted by atomic mass is 35.5. The van der Waals surface area contributed by atoms with E-state index in [1.54, 1.807) is 7.11 Å². The number of methoxy groups -OCH3 is 1. The largest absolute Gasteiger partial charge is 0.497 e. The van der Waals surface area contributed by atoms with Crippen molar-refractivity contribution in [2.45, 2.75) is 0 Å². The molecule has 1 heterocycles. The van der Waals surface area contributed by atoms with Crippen molar-refractivity contribution in [3.05, 3.63) is 53.6 Å². The third-order valence-electron chi connectivity index (χ3n) is 4.09. The molecule has 0 saturated carbocycles. The van der Waals surface area contributed by atoms with E-state index in [2.05, 4.69) is 26.9 Å². The number of rotatable bonds is 3. The topological polar surface area (TPSA) is 54.1 Å². The van der Waals surface area contributed by atoms with Gasteiger partial charge in [-0.2, -0.15) is 0 Å². The summed E-state index contributed by atoms with van der Waals surface area (Å²) in [5.74, 6) is 1.40. The molecule has 126 valence electrons. The van der Waals surface area contributed by atoms with Crippen molar-refractivity contribution >= 4 is 28.9 Å². The minimum atomic E-state index is 0.534. The first-order valence-corrected chi connectivity index (χ1v) is 8.27. The maximum Gasteiger partial charge on any atom is 0.196 e. The maximum atomic E-state index is 6.15. The Kier molecular flexibility index (Phi) is 5.11. The van der Waals surface area contributed by atoms with Gasteiger partial charge in [-0.15, -0.1) is 0 Å². The van der Waals surface area contributed by atoms with Gasteiger partial charge in [-0.05, 0) is 42.5 Å². The Balaban J connectivity index is 1.61. The molecule has 1 aliphatic rings. The number of hydrogen-bond acceptors (Lipinski definition) is 3. The third-order valence-corrected chi connectivity index (χ3v) is 4.33. The Labute approximate surface area is 147 Å². The Hall–Kier alpha value is -2.40. The molecular weight excluding hydrogens is 324 g/mol. The average molecular weight is 345 g/mol. The predicted molar refractivity (Wildman–Crippen MR) is 99.5 cm³/mol. The van der Waals surface area contributed by atoms with Crippen molar-refractivity contribution in [3.63, 3.8) is 0 Å². The van der Waals surface area contributed by atoms with Gasteiger partial charge in [0.2, 0.25) is 0 Å². The molecule has 0 amide bonds. The van der Waals surface area contributed by atoms with Gasteiger partial charge in [0.25, 0.3) is 0 Å². The molecule has 0 bridgehead atoms. The second-order valence-corrected chi connectivity index (χ2v) is 6.06. The molecule has 0 aromatic heterocycles. The van der Waals surface area contributed by atoms with E-state index in [0.717, 1.165) is 37.6 Å². The van der Waals surface area contributed by atoms with Crippen LogP contribution in [-0.4, -0.2) is 44.1 Å². The highest BCUT2D eigenvalue weighted by Gasteiger charge is 2.18. The van der Waals surface area contributed by atoms with E-state index in [0.29, 0.717) is 11.0 Å². The van der Waals surface area contributed by atoms with Gasteiger partial charge in [0.05, 0.1) is 12.8 Å². The van der Waals surface area contributed by atoms with Crippen LogP contribution in [0.2, 0.25) is 5.02 Å². The summed E-state index contributed by atoms with van der Waals surface area (Å²) in [6, 6.07) is 15.5. The van der Waals surface area contributed by atoms with Gasteiger partial charge in [0.1, 0.15) is 5.75 Å². The third kappa shape index (κ3) is 3.92. The van der Waals surface area contributed by atoms with Crippen LogP contribution in [0.4, 0.5) is 11.4 Å². The highest BCUT2D eigenvalue weighted by Crippen LogP contribution is 2.21. The highest BCUT2D eigenvalue weighted by molar-refractivity contribution is 6.30. The van der Waals surface area contributed by atoms with Crippen molar-refractivity contribution in [2.24, 2.45) is 10.7 Å². The van der Waals surface area contributed by atoms with Crippen LogP contribution >= 0.6 is 11.6 Å². The molecule has 2 aromatic rings. The number of anilines is 1. The first-order valence-electron chi connectivity index (χ1n) is 7.89. The molecule has 5 nitrogen and oxygen atoms in total. The van der Waals surface area contributed by atoms with Crippen LogP contribution in [-0.2, 0) is 0 Å². The van der Waals surface area contributed by atoms with E-state index in [1.807, 2.05) is 36.4 Å². The lowest BCUT2D eigenvalue weighted by molar-refractivity contribution is 0.382. The monoisotopic (exact) mass is 344 g/mol. The molecule has 0 radical (unpaired) electrons. The summed E-state index contributed by atoms with van der Waals surface area (Å²) in [7, 11) is 1.68. The number of guanidine groups is 1. The van der Waals surface area contributed by atoms with E-state index in [4.69, 9.17) is 22.1 Å². The maximum absolute atomic E-state index is 6.15. The first-order chi connectivity index (χ1) is 11.7. The van der Waals surface area contributed by atoms with Crippen molar-refractivity contribution in [3.8, 4) is 5.75 Å². The summed E-state index contributed by atoms with van der Waals surface area (Å²) in [5, 5.41) is 0.661. The summed E-state index contributed by atoms with van der Waals surface area (Å²) >= 11 is 5.98. The van der Waals surface area contributed by atoms with E-state index in [1.165, 1.54) is 5.69 Å². The van der Waals surface area contributed by atoms with E-state index in [9.17, 15) is 0 Å². The van der Waals surface area contributed by atoms with Crippen molar-refractivity contribution in [2.75, 3.05) is 38.2 Å². The van der Waals surface area contributed by atoms with Gasteiger partial charge >= 0.3 is 0 Å². The number of nitrogens with two attached hydrogens (primary N) is 1. The van der Waals surface area contributed by atoms with E-state index in [-0.39, 0.29) is 0 Å². The van der Waals surface area contributed by atoms with Crippen molar-refractivity contribution in [1.29, 1.82) is 0 Å². The Bertz CT molecular complexity index is 709. The van der Waals surface area contributed by atoms with Crippen LogP contribution in [0.3, 0.4) is 0 Å². The van der Waals surface area contributed by atoms with Gasteiger partial charge in [0.15, 0.2) is 5.96 Å². The van der Waals surface area contributed by atoms with Gasteiger partial charge in [-0.1, -0.05) is 17.7 Å². The van der Waals surface area contributed by atoms with Gasteiger partial charge in [-0.3, -0.25) is 0 Å². The van der Waals surface area contributed by atoms with E-state index < -0.39 is 0 Å². The Morgan fingerprint density at radius 3 is 2.42 bits per heavy atom. The smallest absolute Gasteiger partial charge is 0.196 e. The SMILES string of the molecule is COc1ccc(N2CCN(C(N)=Nc3cccc(Cl)c3)CC2)cc1. The molecule has 1 fully saturated rings. The quantitative estimate of drug-likeness (QED) is 0.686. The second-order valence-electron chi connectivity index (χ2n) is 5.62. The molecule has 1 saturated heterocycles. The van der Waals surface area contributed by atoms with Gasteiger partial charge < -0.3 is 20.3 Å². The standard InChI is InChI=1S/C18H21ClN4O/c1-24-17-7-5-16(6-8-17)22-9-11-23(12-10-22)18(20)21-15-4-2-3-14(19)13-15/h2-8,13H,9-12H2,1H3,(H2,20,21). The van der Waals surface area contributed by atoms with Crippen molar-refractivity contribution < 1.29 is 4.74 Å². The van der Waals surface area contributed by atoms with Crippen molar-refractivity contribution in [1.82, 2.24) is 4.90 Å². The normalized spacial score (nSPS) is 15.5. The fraction of sp³-hybridized carbons (Fsp3) is 0.278. The molecule has 2 aromatic carbocycles. The summed E-state index contributed by atoms with van der Waals surface area (Å²) in [4.78, 5) is 8.90. The zero-order valence-corrected chi connectivity index (χ0v) is 14.4. The number of nitrogens with zero attached hydrogens (tertiary/aromatic N) is 3. The zero-order valence-electron chi connectivity index (χ0n) is 13.7. The molecular formula is C18H21ClN4O. The Morgan fingerprint density at radius 1 is 1.08 bits per heavy atom. The fourth-order valence-electron chi connectivity index (χ4n) is 2.74. The minimum absolute atomic E-state index is 0.534. The molecule has 1 aliphatic heterocycles. The Morgan fingerprint density at radius 2 is 1.79 bits per heavy atom. The van der Waals surface area contributed by atoms with Crippen LogP contribution in [0.15, 0.2) is 53.5 Å². The summed E-state index contributed by atoms with van der Waals surface area (Å²) < 4.78 is 5.20. The lowest BCUT2D eigenvalue weighted by atomic mass is 10.2. The molecule has 3 rings (SSSR count). The van der Waals surface area contributed by atoms with Crippen LogP contribution in [0.1, 0.15) is 0 Å². The molecule has 0 spiro atoms. The van der Waals surface area contributed by atoms with Crippen LogP contribution in [0.5, 0.6) is 5.75 Å². The number of aliphatic imine (C=N–C) groups is 1. The fourth-order valence-corrected chi connectivity index (χ4v) is 2.92. The zero-order chi connectivity index (χ0) is 16.9. The van der Waals surface area contributed by atoms with Gasteiger partial charge in [0, 0.05) is 36.9 Å². The first kappa shape index (κ1) is 16.5. The summed E-state index contributed by atoms with van der Waals surface area (Å²) in [5.41, 5.74) is 8.12. The molecule has 24 heavy (non-hydrogen) atoms. The van der Waals surface area contributed by atoms with E-state index >= 15 is 0 Å². The molecule has 6 heteroatoms. The average Bonchev–Trinajstić information content (AvgIpc) is 2.62. The number of piperazine rings is 1. The van der Waals surface area contributed by atoms with Crippen LogP contribution in [0, 0.1) is 0 Å². The van der Waals surface area contributed by atoms with Gasteiger partial charge in [-0.25, -0.2) is 4.99 Å². The molecule has 0 aliphatic carbocycles. The molecule has 0 atom stereocenters. The number of benzene rings is 2. The number of ether oxygens (including phenoxy) is 1. The summed E-state index contributed by atoms with van der Waals surface area (Å²) in [6.45, 7) is 3.47. The lowest BCUT2D eigenvalue weighted by Gasteiger charge is -2.36.